The first-order valence-corrected chi connectivity index (χ1v) is 10.4. The standard InChI is InChI=1S/C21H26N2O5S/c1-5-23-8-7-16-17(12-23)29-20(18(16)21(25)28-6-2)22-19(24)13-9-14(26-3)11-15(10-13)27-4/h9-11H,5-8,12H2,1-4H3,(H,22,24). The Hall–Kier alpha value is -2.58. The predicted molar refractivity (Wildman–Crippen MR) is 112 cm³/mol. The van der Waals surface area contributed by atoms with E-state index in [0.717, 1.165) is 36.5 Å². The van der Waals surface area contributed by atoms with Crippen LogP contribution in [0.4, 0.5) is 5.00 Å². The SMILES string of the molecule is CCOC(=O)c1c(NC(=O)c2cc(OC)cc(OC)c2)sc2c1CCN(CC)C2. The van der Waals surface area contributed by atoms with Gasteiger partial charge in [-0.25, -0.2) is 4.79 Å². The molecule has 1 amide bonds. The molecule has 156 valence electrons. The van der Waals surface area contributed by atoms with Gasteiger partial charge in [-0.2, -0.15) is 0 Å². The van der Waals surface area contributed by atoms with Crippen molar-refractivity contribution in [2.45, 2.75) is 26.8 Å². The smallest absolute Gasteiger partial charge is 0.341 e. The summed E-state index contributed by atoms with van der Waals surface area (Å²) in [5.74, 6) is 0.306. The lowest BCUT2D eigenvalue weighted by atomic mass is 10.0. The number of carbonyl (C=O) groups is 2. The summed E-state index contributed by atoms with van der Waals surface area (Å²) in [5, 5.41) is 3.43. The lowest BCUT2D eigenvalue weighted by Crippen LogP contribution is -2.30. The van der Waals surface area contributed by atoms with Crippen molar-refractivity contribution < 1.29 is 23.8 Å². The maximum atomic E-state index is 12.9. The summed E-state index contributed by atoms with van der Waals surface area (Å²) in [4.78, 5) is 29.0. The highest BCUT2D eigenvalue weighted by atomic mass is 32.1. The van der Waals surface area contributed by atoms with Gasteiger partial charge in [-0.05, 0) is 37.6 Å². The van der Waals surface area contributed by atoms with E-state index in [9.17, 15) is 9.59 Å². The van der Waals surface area contributed by atoms with Gasteiger partial charge in [0.1, 0.15) is 16.5 Å². The Bertz CT molecular complexity index is 886. The summed E-state index contributed by atoms with van der Waals surface area (Å²) in [5.41, 5.74) is 1.85. The molecule has 0 aliphatic carbocycles. The van der Waals surface area contributed by atoms with Crippen molar-refractivity contribution >= 4 is 28.2 Å². The molecule has 0 unspecified atom stereocenters. The number of likely N-dealkylation sites (N-methyl/N-ethyl adjacent to an activating group) is 1. The van der Waals surface area contributed by atoms with Gasteiger partial charge in [0.25, 0.3) is 5.91 Å². The Labute approximate surface area is 174 Å². The zero-order valence-corrected chi connectivity index (χ0v) is 18.0. The predicted octanol–water partition coefficient (Wildman–Crippen LogP) is 3.57. The van der Waals surface area contributed by atoms with Crippen LogP contribution in [-0.2, 0) is 17.7 Å². The van der Waals surface area contributed by atoms with Gasteiger partial charge in [0, 0.05) is 29.6 Å². The number of esters is 1. The van der Waals surface area contributed by atoms with Crippen LogP contribution >= 0.6 is 11.3 Å². The minimum Gasteiger partial charge on any atom is -0.497 e. The van der Waals surface area contributed by atoms with Gasteiger partial charge in [0.05, 0.1) is 26.4 Å². The van der Waals surface area contributed by atoms with Crippen molar-refractivity contribution in [1.29, 1.82) is 0 Å². The normalized spacial score (nSPS) is 13.5. The van der Waals surface area contributed by atoms with Gasteiger partial charge in [-0.15, -0.1) is 11.3 Å². The van der Waals surface area contributed by atoms with Crippen LogP contribution < -0.4 is 14.8 Å². The molecule has 0 fully saturated rings. The van der Waals surface area contributed by atoms with Crippen LogP contribution in [0.25, 0.3) is 0 Å². The molecule has 0 saturated heterocycles. The summed E-state index contributed by atoms with van der Waals surface area (Å²) >= 11 is 1.44. The summed E-state index contributed by atoms with van der Waals surface area (Å²) in [6.45, 7) is 6.77. The molecule has 1 aromatic heterocycles. The third kappa shape index (κ3) is 4.54. The minimum atomic E-state index is -0.395. The largest absolute Gasteiger partial charge is 0.497 e. The van der Waals surface area contributed by atoms with Gasteiger partial charge in [-0.3, -0.25) is 9.69 Å². The van der Waals surface area contributed by atoms with Crippen LogP contribution in [0.5, 0.6) is 11.5 Å². The molecule has 1 N–H and O–H groups in total. The fourth-order valence-electron chi connectivity index (χ4n) is 3.35. The van der Waals surface area contributed by atoms with E-state index in [1.54, 1.807) is 25.1 Å². The van der Waals surface area contributed by atoms with E-state index in [0.29, 0.717) is 27.6 Å². The number of nitrogens with one attached hydrogen (secondary N) is 1. The fourth-order valence-corrected chi connectivity index (χ4v) is 4.62. The van der Waals surface area contributed by atoms with Gasteiger partial charge in [0.2, 0.25) is 0 Å². The average molecular weight is 419 g/mol. The van der Waals surface area contributed by atoms with E-state index in [1.165, 1.54) is 25.6 Å². The topological polar surface area (TPSA) is 77.1 Å². The highest BCUT2D eigenvalue weighted by Gasteiger charge is 2.29. The molecular weight excluding hydrogens is 392 g/mol. The Kier molecular flexibility index (Phi) is 6.76. The van der Waals surface area contributed by atoms with Gasteiger partial charge in [0.15, 0.2) is 0 Å². The maximum Gasteiger partial charge on any atom is 0.341 e. The Morgan fingerprint density at radius 2 is 1.83 bits per heavy atom. The molecule has 0 radical (unpaired) electrons. The molecular formula is C21H26N2O5S. The second kappa shape index (κ2) is 9.28. The molecule has 3 rings (SSSR count). The first-order valence-electron chi connectivity index (χ1n) is 9.59. The number of ether oxygens (including phenoxy) is 3. The number of nitrogens with zero attached hydrogens (tertiary/aromatic N) is 1. The number of carbonyl (C=O) groups excluding carboxylic acids is 2. The van der Waals surface area contributed by atoms with E-state index in [4.69, 9.17) is 14.2 Å². The summed E-state index contributed by atoms with van der Waals surface area (Å²) in [7, 11) is 3.06. The summed E-state index contributed by atoms with van der Waals surface area (Å²) in [6.07, 6.45) is 0.761. The summed E-state index contributed by atoms with van der Waals surface area (Å²) < 4.78 is 15.8. The molecule has 1 aliphatic rings. The number of benzene rings is 1. The Morgan fingerprint density at radius 1 is 1.14 bits per heavy atom. The molecule has 8 heteroatoms. The van der Waals surface area contributed by atoms with Gasteiger partial charge < -0.3 is 19.5 Å². The van der Waals surface area contributed by atoms with E-state index in [2.05, 4.69) is 17.1 Å². The van der Waals surface area contributed by atoms with Crippen LogP contribution in [0.3, 0.4) is 0 Å². The molecule has 0 bridgehead atoms. The van der Waals surface area contributed by atoms with Crippen LogP contribution in [0.1, 0.15) is 45.0 Å². The molecule has 1 aromatic carbocycles. The zero-order chi connectivity index (χ0) is 21.0. The highest BCUT2D eigenvalue weighted by molar-refractivity contribution is 7.17. The second-order valence-electron chi connectivity index (χ2n) is 6.60. The first kappa shape index (κ1) is 21.1. The van der Waals surface area contributed by atoms with Crippen molar-refractivity contribution in [1.82, 2.24) is 4.90 Å². The number of fused-ring (bicyclic) bond motifs is 1. The fraction of sp³-hybridized carbons (Fsp3) is 0.429. The third-order valence-corrected chi connectivity index (χ3v) is 6.04. The molecule has 2 aromatic rings. The van der Waals surface area contributed by atoms with Crippen LogP contribution in [0.15, 0.2) is 18.2 Å². The van der Waals surface area contributed by atoms with Gasteiger partial charge >= 0.3 is 5.97 Å². The molecule has 29 heavy (non-hydrogen) atoms. The Morgan fingerprint density at radius 3 is 2.41 bits per heavy atom. The lowest BCUT2D eigenvalue weighted by Gasteiger charge is -2.25. The van der Waals surface area contributed by atoms with E-state index < -0.39 is 5.97 Å². The monoisotopic (exact) mass is 418 g/mol. The number of hydrogen-bond donors (Lipinski definition) is 1. The number of amides is 1. The second-order valence-corrected chi connectivity index (χ2v) is 7.71. The number of rotatable bonds is 7. The molecule has 1 aliphatic heterocycles. The number of methoxy groups -OCH3 is 2. The number of thiophene rings is 1. The van der Waals surface area contributed by atoms with Crippen LogP contribution in [-0.4, -0.2) is 50.7 Å². The highest BCUT2D eigenvalue weighted by Crippen LogP contribution is 2.38. The van der Waals surface area contributed by atoms with Crippen molar-refractivity contribution in [2.75, 3.05) is 39.2 Å². The van der Waals surface area contributed by atoms with Gasteiger partial charge in [-0.1, -0.05) is 6.92 Å². The molecule has 2 heterocycles. The van der Waals surface area contributed by atoms with Crippen molar-refractivity contribution in [3.63, 3.8) is 0 Å². The van der Waals surface area contributed by atoms with Crippen LogP contribution in [0.2, 0.25) is 0 Å². The Balaban J connectivity index is 1.95. The quantitative estimate of drug-likeness (QED) is 0.693. The van der Waals surface area contributed by atoms with E-state index in [1.807, 2.05) is 0 Å². The van der Waals surface area contributed by atoms with Crippen molar-refractivity contribution in [2.24, 2.45) is 0 Å². The number of hydrogen-bond acceptors (Lipinski definition) is 7. The molecule has 0 saturated carbocycles. The van der Waals surface area contributed by atoms with E-state index >= 15 is 0 Å². The van der Waals surface area contributed by atoms with Crippen molar-refractivity contribution in [3.05, 3.63) is 39.8 Å². The summed E-state index contributed by atoms with van der Waals surface area (Å²) in [6, 6.07) is 4.96. The lowest BCUT2D eigenvalue weighted by molar-refractivity contribution is 0.0526. The zero-order valence-electron chi connectivity index (χ0n) is 17.2. The molecule has 0 atom stereocenters. The van der Waals surface area contributed by atoms with Crippen LogP contribution in [0, 0.1) is 0 Å². The third-order valence-electron chi connectivity index (χ3n) is 4.90. The van der Waals surface area contributed by atoms with E-state index in [-0.39, 0.29) is 12.5 Å². The minimum absolute atomic E-state index is 0.283. The first-order chi connectivity index (χ1) is 14.0. The molecule has 7 nitrogen and oxygen atoms in total. The maximum absolute atomic E-state index is 12.9. The number of anilines is 1. The molecule has 0 spiro atoms. The average Bonchev–Trinajstić information content (AvgIpc) is 3.10. The van der Waals surface area contributed by atoms with Crippen molar-refractivity contribution in [3.8, 4) is 11.5 Å².